The van der Waals surface area contributed by atoms with Gasteiger partial charge in [0, 0.05) is 6.07 Å². The SMILES string of the molecule is CC(C)COc1ccc(C=O)o1. The van der Waals surface area contributed by atoms with Gasteiger partial charge in [0.2, 0.25) is 0 Å². The zero-order valence-electron chi connectivity index (χ0n) is 7.24. The number of rotatable bonds is 4. The van der Waals surface area contributed by atoms with Crippen molar-refractivity contribution in [2.45, 2.75) is 13.8 Å². The quantitative estimate of drug-likeness (QED) is 0.646. The number of furan rings is 1. The summed E-state index contributed by atoms with van der Waals surface area (Å²) in [6, 6.07) is 3.23. The number of hydrogen-bond donors (Lipinski definition) is 0. The predicted molar refractivity (Wildman–Crippen MR) is 44.4 cm³/mol. The first kappa shape index (κ1) is 8.84. The van der Waals surface area contributed by atoms with Gasteiger partial charge < -0.3 is 9.15 Å². The molecule has 0 atom stereocenters. The minimum absolute atomic E-state index is 0.300. The van der Waals surface area contributed by atoms with Crippen molar-refractivity contribution < 1.29 is 13.9 Å². The Morgan fingerprint density at radius 1 is 1.58 bits per heavy atom. The molecule has 0 aliphatic rings. The van der Waals surface area contributed by atoms with Gasteiger partial charge in [-0.15, -0.1) is 0 Å². The number of hydrogen-bond acceptors (Lipinski definition) is 3. The summed E-state index contributed by atoms with van der Waals surface area (Å²) in [5.74, 6) is 1.16. The molecule has 0 saturated heterocycles. The molecular formula is C9H12O3. The molecule has 0 fully saturated rings. The molecule has 0 spiro atoms. The highest BCUT2D eigenvalue weighted by molar-refractivity contribution is 5.70. The lowest BCUT2D eigenvalue weighted by atomic mass is 10.2. The molecule has 0 unspecified atom stereocenters. The van der Waals surface area contributed by atoms with Gasteiger partial charge in [0.05, 0.1) is 6.61 Å². The fraction of sp³-hybridized carbons (Fsp3) is 0.444. The Morgan fingerprint density at radius 2 is 2.33 bits per heavy atom. The zero-order valence-corrected chi connectivity index (χ0v) is 7.24. The van der Waals surface area contributed by atoms with E-state index in [1.165, 1.54) is 0 Å². The molecule has 3 heteroatoms. The van der Waals surface area contributed by atoms with Crippen LogP contribution in [0.2, 0.25) is 0 Å². The maximum Gasteiger partial charge on any atom is 0.284 e. The van der Waals surface area contributed by atoms with Crippen molar-refractivity contribution in [1.82, 2.24) is 0 Å². The van der Waals surface area contributed by atoms with E-state index in [1.54, 1.807) is 12.1 Å². The van der Waals surface area contributed by atoms with E-state index in [0.717, 1.165) is 0 Å². The average molecular weight is 168 g/mol. The molecule has 0 N–H and O–H groups in total. The van der Waals surface area contributed by atoms with E-state index in [4.69, 9.17) is 9.15 Å². The van der Waals surface area contributed by atoms with Crippen LogP contribution in [-0.2, 0) is 0 Å². The molecule has 1 aromatic heterocycles. The van der Waals surface area contributed by atoms with E-state index in [2.05, 4.69) is 0 Å². The molecule has 66 valence electrons. The second-order valence-electron chi connectivity index (χ2n) is 2.98. The van der Waals surface area contributed by atoms with Gasteiger partial charge >= 0.3 is 0 Å². The van der Waals surface area contributed by atoms with Crippen molar-refractivity contribution in [1.29, 1.82) is 0 Å². The van der Waals surface area contributed by atoms with Crippen LogP contribution in [0.15, 0.2) is 16.5 Å². The lowest BCUT2D eigenvalue weighted by molar-refractivity contribution is 0.109. The maximum atomic E-state index is 10.2. The Hall–Kier alpha value is -1.25. The minimum Gasteiger partial charge on any atom is -0.465 e. The van der Waals surface area contributed by atoms with Gasteiger partial charge in [0.25, 0.3) is 5.95 Å². The van der Waals surface area contributed by atoms with Gasteiger partial charge in [-0.2, -0.15) is 0 Å². The summed E-state index contributed by atoms with van der Waals surface area (Å²) in [5.41, 5.74) is 0. The summed E-state index contributed by atoms with van der Waals surface area (Å²) >= 11 is 0. The first-order chi connectivity index (χ1) is 5.72. The van der Waals surface area contributed by atoms with Crippen molar-refractivity contribution in [3.8, 4) is 5.95 Å². The lowest BCUT2D eigenvalue weighted by Crippen LogP contribution is -2.03. The monoisotopic (exact) mass is 168 g/mol. The largest absolute Gasteiger partial charge is 0.465 e. The van der Waals surface area contributed by atoms with Gasteiger partial charge in [-0.25, -0.2) is 0 Å². The number of carbonyl (C=O) groups excluding carboxylic acids is 1. The molecule has 0 bridgehead atoms. The molecular weight excluding hydrogens is 156 g/mol. The van der Waals surface area contributed by atoms with Gasteiger partial charge in [-0.3, -0.25) is 4.79 Å². The van der Waals surface area contributed by atoms with Gasteiger partial charge in [0.1, 0.15) is 0 Å². The van der Waals surface area contributed by atoms with Crippen LogP contribution in [0.3, 0.4) is 0 Å². The van der Waals surface area contributed by atoms with Crippen LogP contribution in [0.25, 0.3) is 0 Å². The van der Waals surface area contributed by atoms with Crippen LogP contribution in [0.4, 0.5) is 0 Å². The van der Waals surface area contributed by atoms with Gasteiger partial charge in [-0.1, -0.05) is 13.8 Å². The second kappa shape index (κ2) is 3.95. The van der Waals surface area contributed by atoms with Crippen molar-refractivity contribution >= 4 is 6.29 Å². The van der Waals surface area contributed by atoms with E-state index in [1.807, 2.05) is 13.8 Å². The van der Waals surface area contributed by atoms with E-state index in [0.29, 0.717) is 30.5 Å². The summed E-state index contributed by atoms with van der Waals surface area (Å²) < 4.78 is 10.2. The predicted octanol–water partition coefficient (Wildman–Crippen LogP) is 2.13. The summed E-state index contributed by atoms with van der Waals surface area (Å²) in [7, 11) is 0. The Kier molecular flexibility index (Phi) is 2.91. The second-order valence-corrected chi connectivity index (χ2v) is 2.98. The first-order valence-corrected chi connectivity index (χ1v) is 3.90. The fourth-order valence-electron chi connectivity index (χ4n) is 0.724. The van der Waals surface area contributed by atoms with Crippen molar-refractivity contribution in [2.24, 2.45) is 5.92 Å². The lowest BCUT2D eigenvalue weighted by Gasteiger charge is -2.03. The van der Waals surface area contributed by atoms with Crippen LogP contribution in [0.1, 0.15) is 24.4 Å². The number of ether oxygens (including phenoxy) is 1. The Bertz CT molecular complexity index is 250. The van der Waals surface area contributed by atoms with Crippen molar-refractivity contribution in [2.75, 3.05) is 6.61 Å². The summed E-state index contributed by atoms with van der Waals surface area (Å²) in [6.07, 6.45) is 0.655. The van der Waals surface area contributed by atoms with Crippen molar-refractivity contribution in [3.05, 3.63) is 17.9 Å². The number of carbonyl (C=O) groups is 1. The van der Waals surface area contributed by atoms with Gasteiger partial charge in [-0.05, 0) is 12.0 Å². The summed E-state index contributed by atoms with van der Waals surface area (Å²) in [4.78, 5) is 10.2. The first-order valence-electron chi connectivity index (χ1n) is 3.90. The van der Waals surface area contributed by atoms with E-state index >= 15 is 0 Å². The Balaban J connectivity index is 2.47. The highest BCUT2D eigenvalue weighted by Crippen LogP contribution is 2.14. The molecule has 3 nitrogen and oxygen atoms in total. The average Bonchev–Trinajstić information content (AvgIpc) is 2.48. The summed E-state index contributed by atoms with van der Waals surface area (Å²) in [6.45, 7) is 4.69. The molecule has 1 aromatic rings. The molecule has 1 heterocycles. The van der Waals surface area contributed by atoms with Crippen LogP contribution in [-0.4, -0.2) is 12.9 Å². The third-order valence-corrected chi connectivity index (χ3v) is 1.28. The van der Waals surface area contributed by atoms with Crippen LogP contribution in [0, 0.1) is 5.92 Å². The molecule has 0 aromatic carbocycles. The molecule has 0 amide bonds. The zero-order chi connectivity index (χ0) is 8.97. The molecule has 12 heavy (non-hydrogen) atoms. The van der Waals surface area contributed by atoms with Crippen LogP contribution in [0.5, 0.6) is 5.95 Å². The maximum absolute atomic E-state index is 10.2. The standard InChI is InChI=1S/C9H12O3/c1-7(2)6-11-9-4-3-8(5-10)12-9/h3-5,7H,6H2,1-2H3. The highest BCUT2D eigenvalue weighted by Gasteiger charge is 2.02. The normalized spacial score (nSPS) is 10.2. The van der Waals surface area contributed by atoms with E-state index in [-0.39, 0.29) is 0 Å². The third kappa shape index (κ3) is 2.42. The number of aldehydes is 1. The molecule has 0 radical (unpaired) electrons. The highest BCUT2D eigenvalue weighted by atomic mass is 16.6. The van der Waals surface area contributed by atoms with E-state index in [9.17, 15) is 4.79 Å². The van der Waals surface area contributed by atoms with Crippen LogP contribution < -0.4 is 4.74 Å². The molecule has 0 aliphatic heterocycles. The Labute approximate surface area is 71.3 Å². The Morgan fingerprint density at radius 3 is 2.83 bits per heavy atom. The summed E-state index contributed by atoms with van der Waals surface area (Å²) in [5, 5.41) is 0. The molecule has 1 rings (SSSR count). The smallest absolute Gasteiger partial charge is 0.284 e. The van der Waals surface area contributed by atoms with Crippen molar-refractivity contribution in [3.63, 3.8) is 0 Å². The minimum atomic E-state index is 0.300. The van der Waals surface area contributed by atoms with E-state index < -0.39 is 0 Å². The van der Waals surface area contributed by atoms with Crippen LogP contribution >= 0.6 is 0 Å². The topological polar surface area (TPSA) is 39.4 Å². The fourth-order valence-corrected chi connectivity index (χ4v) is 0.724. The molecule has 0 aliphatic carbocycles. The molecule has 0 saturated carbocycles. The van der Waals surface area contributed by atoms with Gasteiger partial charge in [0.15, 0.2) is 12.0 Å². The third-order valence-electron chi connectivity index (χ3n) is 1.28.